The van der Waals surface area contributed by atoms with Crippen LogP contribution in [0.1, 0.15) is 24.3 Å². The van der Waals surface area contributed by atoms with Crippen molar-refractivity contribution < 1.29 is 4.79 Å². The second-order valence-electron chi connectivity index (χ2n) is 5.65. The second-order valence-corrected chi connectivity index (χ2v) is 5.65. The van der Waals surface area contributed by atoms with Crippen molar-refractivity contribution >= 4 is 5.91 Å². The van der Waals surface area contributed by atoms with Crippen LogP contribution in [0.5, 0.6) is 0 Å². The van der Waals surface area contributed by atoms with E-state index in [0.29, 0.717) is 5.91 Å². The van der Waals surface area contributed by atoms with Gasteiger partial charge in [-0.2, -0.15) is 0 Å². The van der Waals surface area contributed by atoms with Crippen LogP contribution in [0.25, 0.3) is 0 Å². The van der Waals surface area contributed by atoms with Gasteiger partial charge in [-0.15, -0.1) is 0 Å². The molecule has 1 aromatic rings. The molecule has 2 heterocycles. The van der Waals surface area contributed by atoms with E-state index in [2.05, 4.69) is 17.4 Å². The van der Waals surface area contributed by atoms with E-state index < -0.39 is 0 Å². The summed E-state index contributed by atoms with van der Waals surface area (Å²) in [5.74, 6) is 0.355. The van der Waals surface area contributed by atoms with Crippen molar-refractivity contribution in [2.24, 2.45) is 5.41 Å². The SMILES string of the molecule is CN1CC2(CCNCC2)[C@@H](c2ccccc2)C1=O. The molecule has 3 heteroatoms. The number of benzene rings is 1. The molecule has 0 saturated carbocycles. The Balaban J connectivity index is 2.00. The molecule has 0 radical (unpaired) electrons. The van der Waals surface area contributed by atoms with Crippen LogP contribution in [0.15, 0.2) is 30.3 Å². The number of carbonyl (C=O) groups is 1. The topological polar surface area (TPSA) is 32.3 Å². The van der Waals surface area contributed by atoms with Gasteiger partial charge < -0.3 is 10.2 Å². The fraction of sp³-hybridized carbons (Fsp3) is 0.533. The molecule has 1 atom stereocenters. The quantitative estimate of drug-likeness (QED) is 0.814. The third-order valence-corrected chi connectivity index (χ3v) is 4.52. The Morgan fingerprint density at radius 3 is 2.56 bits per heavy atom. The molecule has 0 bridgehead atoms. The maximum absolute atomic E-state index is 12.5. The van der Waals surface area contributed by atoms with Gasteiger partial charge in [0.05, 0.1) is 5.92 Å². The standard InChI is InChI=1S/C15H20N2O/c1-17-11-15(7-9-16-10-8-15)13(14(17)18)12-5-3-2-4-6-12/h2-6,13,16H,7-11H2,1H3/t13-/m0/s1. The largest absolute Gasteiger partial charge is 0.345 e. The minimum absolute atomic E-state index is 0.0609. The maximum atomic E-state index is 12.5. The molecule has 0 unspecified atom stereocenters. The molecule has 0 aliphatic carbocycles. The molecule has 1 aromatic carbocycles. The number of piperidine rings is 1. The highest BCUT2D eigenvalue weighted by Gasteiger charge is 2.51. The van der Waals surface area contributed by atoms with Gasteiger partial charge >= 0.3 is 0 Å². The molecule has 3 nitrogen and oxygen atoms in total. The van der Waals surface area contributed by atoms with E-state index in [9.17, 15) is 4.79 Å². The van der Waals surface area contributed by atoms with Crippen molar-refractivity contribution in [2.45, 2.75) is 18.8 Å². The van der Waals surface area contributed by atoms with Crippen LogP contribution in [-0.4, -0.2) is 37.5 Å². The summed E-state index contributed by atoms with van der Waals surface area (Å²) in [6, 6.07) is 10.3. The van der Waals surface area contributed by atoms with Crippen LogP contribution in [0.4, 0.5) is 0 Å². The predicted octanol–water partition coefficient (Wildman–Crippen LogP) is 1.61. The van der Waals surface area contributed by atoms with Crippen LogP contribution in [0, 0.1) is 5.41 Å². The van der Waals surface area contributed by atoms with E-state index in [1.165, 1.54) is 5.56 Å². The van der Waals surface area contributed by atoms with E-state index >= 15 is 0 Å². The number of hydrogen-bond acceptors (Lipinski definition) is 2. The lowest BCUT2D eigenvalue weighted by Gasteiger charge is -2.37. The zero-order chi connectivity index (χ0) is 12.6. The Hall–Kier alpha value is -1.35. The molecule has 0 aromatic heterocycles. The minimum atomic E-state index is 0.0609. The van der Waals surface area contributed by atoms with Crippen molar-refractivity contribution in [2.75, 3.05) is 26.7 Å². The number of carbonyl (C=O) groups excluding carboxylic acids is 1. The van der Waals surface area contributed by atoms with Gasteiger partial charge in [-0.1, -0.05) is 30.3 Å². The number of nitrogens with one attached hydrogen (secondary N) is 1. The van der Waals surface area contributed by atoms with Crippen molar-refractivity contribution in [3.63, 3.8) is 0 Å². The Kier molecular flexibility index (Phi) is 2.86. The van der Waals surface area contributed by atoms with Crippen LogP contribution in [-0.2, 0) is 4.79 Å². The zero-order valence-electron chi connectivity index (χ0n) is 10.9. The summed E-state index contributed by atoms with van der Waals surface area (Å²) < 4.78 is 0. The van der Waals surface area contributed by atoms with Gasteiger partial charge in [0.1, 0.15) is 0 Å². The monoisotopic (exact) mass is 244 g/mol. The lowest BCUT2D eigenvalue weighted by atomic mass is 9.68. The Labute approximate surface area is 108 Å². The Morgan fingerprint density at radius 2 is 1.89 bits per heavy atom. The summed E-state index contributed by atoms with van der Waals surface area (Å²) in [5.41, 5.74) is 1.34. The van der Waals surface area contributed by atoms with Gasteiger partial charge in [0.2, 0.25) is 5.91 Å². The van der Waals surface area contributed by atoms with Gasteiger partial charge in [0.25, 0.3) is 0 Å². The van der Waals surface area contributed by atoms with E-state index in [4.69, 9.17) is 0 Å². The third-order valence-electron chi connectivity index (χ3n) is 4.52. The highest BCUT2D eigenvalue weighted by atomic mass is 16.2. The first-order chi connectivity index (χ1) is 8.73. The highest BCUT2D eigenvalue weighted by Crippen LogP contribution is 2.48. The minimum Gasteiger partial charge on any atom is -0.345 e. The fourth-order valence-corrected chi connectivity index (χ4v) is 3.64. The zero-order valence-corrected chi connectivity index (χ0v) is 10.9. The molecule has 1 N–H and O–H groups in total. The van der Waals surface area contributed by atoms with E-state index in [0.717, 1.165) is 32.5 Å². The molecular formula is C15H20N2O. The number of amides is 1. The molecule has 1 amide bonds. The first-order valence-electron chi connectivity index (χ1n) is 6.74. The van der Waals surface area contributed by atoms with Crippen molar-refractivity contribution in [1.82, 2.24) is 10.2 Å². The highest BCUT2D eigenvalue weighted by molar-refractivity contribution is 5.87. The van der Waals surface area contributed by atoms with Gasteiger partial charge in [-0.3, -0.25) is 4.79 Å². The summed E-state index contributed by atoms with van der Waals surface area (Å²) in [6.07, 6.45) is 2.20. The number of rotatable bonds is 1. The van der Waals surface area contributed by atoms with Crippen molar-refractivity contribution in [1.29, 1.82) is 0 Å². The van der Waals surface area contributed by atoms with E-state index in [1.54, 1.807) is 0 Å². The Bertz CT molecular complexity index is 437. The fourth-order valence-electron chi connectivity index (χ4n) is 3.64. The average Bonchev–Trinajstić information content (AvgIpc) is 2.63. The predicted molar refractivity (Wildman–Crippen MR) is 71.4 cm³/mol. The molecular weight excluding hydrogens is 224 g/mol. The normalized spacial score (nSPS) is 26.8. The van der Waals surface area contributed by atoms with Crippen LogP contribution >= 0.6 is 0 Å². The van der Waals surface area contributed by atoms with Crippen molar-refractivity contribution in [3.8, 4) is 0 Å². The lowest BCUT2D eigenvalue weighted by Crippen LogP contribution is -2.41. The summed E-state index contributed by atoms with van der Waals surface area (Å²) in [4.78, 5) is 14.4. The number of likely N-dealkylation sites (tertiary alicyclic amines) is 1. The number of hydrogen-bond donors (Lipinski definition) is 1. The van der Waals surface area contributed by atoms with Gasteiger partial charge in [0, 0.05) is 19.0 Å². The molecule has 2 aliphatic heterocycles. The van der Waals surface area contributed by atoms with Gasteiger partial charge in [-0.05, 0) is 31.5 Å². The third kappa shape index (κ3) is 1.74. The molecule has 2 saturated heterocycles. The summed E-state index contributed by atoms with van der Waals surface area (Å²) in [5, 5.41) is 3.41. The maximum Gasteiger partial charge on any atom is 0.230 e. The van der Waals surface area contributed by atoms with Crippen LogP contribution in [0.2, 0.25) is 0 Å². The molecule has 1 spiro atoms. The number of nitrogens with zero attached hydrogens (tertiary/aromatic N) is 1. The second kappa shape index (κ2) is 4.39. The first kappa shape index (κ1) is 11.7. The van der Waals surface area contributed by atoms with Gasteiger partial charge in [0.15, 0.2) is 0 Å². The van der Waals surface area contributed by atoms with Crippen LogP contribution in [0.3, 0.4) is 0 Å². The first-order valence-corrected chi connectivity index (χ1v) is 6.74. The lowest BCUT2D eigenvalue weighted by molar-refractivity contribution is -0.128. The number of likely N-dealkylation sites (N-methyl/N-ethyl adjacent to an activating group) is 1. The Morgan fingerprint density at radius 1 is 1.22 bits per heavy atom. The molecule has 18 heavy (non-hydrogen) atoms. The van der Waals surface area contributed by atoms with Crippen molar-refractivity contribution in [3.05, 3.63) is 35.9 Å². The molecule has 3 rings (SSSR count). The summed E-state index contributed by atoms with van der Waals surface area (Å²) in [6.45, 7) is 2.97. The van der Waals surface area contributed by atoms with E-state index in [1.807, 2.05) is 30.1 Å². The summed E-state index contributed by atoms with van der Waals surface area (Å²) in [7, 11) is 1.94. The molecule has 2 aliphatic rings. The van der Waals surface area contributed by atoms with Crippen LogP contribution < -0.4 is 5.32 Å². The average molecular weight is 244 g/mol. The summed E-state index contributed by atoms with van der Waals surface area (Å²) >= 11 is 0. The smallest absolute Gasteiger partial charge is 0.230 e. The van der Waals surface area contributed by atoms with Gasteiger partial charge in [-0.25, -0.2) is 0 Å². The molecule has 2 fully saturated rings. The molecule has 96 valence electrons. The van der Waals surface area contributed by atoms with E-state index in [-0.39, 0.29) is 11.3 Å².